The van der Waals surface area contributed by atoms with Crippen LogP contribution in [0.3, 0.4) is 0 Å². The number of nitrogens with one attached hydrogen (secondary N) is 1. The minimum absolute atomic E-state index is 0.412. The van der Waals surface area contributed by atoms with Crippen molar-refractivity contribution in [3.05, 3.63) is 22.9 Å². The van der Waals surface area contributed by atoms with Crippen LogP contribution >= 0.6 is 24.0 Å². The maximum Gasteiger partial charge on any atom is 0.136 e. The highest BCUT2D eigenvalue weighted by Gasteiger charge is 2.19. The van der Waals surface area contributed by atoms with E-state index < -0.39 is 0 Å². The molecule has 1 heterocycles. The molecule has 0 aliphatic heterocycles. The first-order chi connectivity index (χ1) is 9.15. The Balaban J connectivity index is 2.29. The highest BCUT2D eigenvalue weighted by atomic mass is 32.2. The van der Waals surface area contributed by atoms with Crippen molar-refractivity contribution in [2.75, 3.05) is 17.3 Å². The Bertz CT molecular complexity index is 474. The van der Waals surface area contributed by atoms with Crippen LogP contribution in [0.4, 0.5) is 5.82 Å². The minimum atomic E-state index is 0.412. The average Bonchev–Trinajstić information content (AvgIpc) is 2.84. The molecule has 1 aromatic rings. The van der Waals surface area contributed by atoms with Crippen molar-refractivity contribution in [1.29, 1.82) is 0 Å². The molecule has 5 heteroatoms. The lowest BCUT2D eigenvalue weighted by molar-refractivity contribution is 0.768. The van der Waals surface area contributed by atoms with Gasteiger partial charge in [0.25, 0.3) is 0 Å². The van der Waals surface area contributed by atoms with Crippen LogP contribution in [0.2, 0.25) is 0 Å². The van der Waals surface area contributed by atoms with E-state index in [1.165, 1.54) is 17.7 Å². The Morgan fingerprint density at radius 2 is 2.37 bits per heavy atom. The molecule has 19 heavy (non-hydrogen) atoms. The number of fused-ring (bicyclic) bond motifs is 1. The average molecular weight is 295 g/mol. The number of thiocarbonyl (C=S) groups is 1. The number of nitrogens with zero attached hydrogens (tertiary/aromatic N) is 1. The number of hydrogen-bond donors (Lipinski definition) is 2. The number of anilines is 1. The third kappa shape index (κ3) is 3.39. The van der Waals surface area contributed by atoms with Crippen LogP contribution in [-0.4, -0.2) is 28.0 Å². The topological polar surface area (TPSA) is 50.9 Å². The van der Waals surface area contributed by atoms with E-state index in [0.29, 0.717) is 11.0 Å². The number of pyridine rings is 1. The van der Waals surface area contributed by atoms with E-state index in [0.717, 1.165) is 36.4 Å². The van der Waals surface area contributed by atoms with Crippen molar-refractivity contribution in [1.82, 2.24) is 4.98 Å². The van der Waals surface area contributed by atoms with Crippen LogP contribution in [0, 0.1) is 0 Å². The molecule has 0 fully saturated rings. The molecule has 0 amide bonds. The van der Waals surface area contributed by atoms with Crippen molar-refractivity contribution >= 4 is 34.8 Å². The van der Waals surface area contributed by atoms with E-state index in [1.54, 1.807) is 0 Å². The normalized spacial score (nSPS) is 15.1. The zero-order chi connectivity index (χ0) is 13.8. The van der Waals surface area contributed by atoms with Crippen molar-refractivity contribution in [3.63, 3.8) is 0 Å². The van der Waals surface area contributed by atoms with E-state index in [1.807, 2.05) is 11.8 Å². The van der Waals surface area contributed by atoms with E-state index >= 15 is 0 Å². The van der Waals surface area contributed by atoms with Gasteiger partial charge in [-0.15, -0.1) is 0 Å². The summed E-state index contributed by atoms with van der Waals surface area (Å²) in [6, 6.07) is 2.54. The molecule has 0 bridgehead atoms. The van der Waals surface area contributed by atoms with Gasteiger partial charge in [0.15, 0.2) is 0 Å². The zero-order valence-electron chi connectivity index (χ0n) is 11.5. The SMILES string of the molecule is CCC(CSC)Nc1nc2c(cc1C(N)=S)CCC2. The summed E-state index contributed by atoms with van der Waals surface area (Å²) in [4.78, 5) is 5.19. The van der Waals surface area contributed by atoms with E-state index in [2.05, 4.69) is 24.6 Å². The lowest BCUT2D eigenvalue weighted by atomic mass is 10.1. The molecule has 1 aliphatic carbocycles. The Kier molecular flexibility index (Phi) is 5.05. The summed E-state index contributed by atoms with van der Waals surface area (Å²) in [5, 5.41) is 3.51. The Morgan fingerprint density at radius 3 is 3.00 bits per heavy atom. The molecule has 1 unspecified atom stereocenters. The molecule has 0 radical (unpaired) electrons. The Labute approximate surface area is 124 Å². The van der Waals surface area contributed by atoms with E-state index in [9.17, 15) is 0 Å². The molecule has 1 aliphatic rings. The summed E-state index contributed by atoms with van der Waals surface area (Å²) in [5.41, 5.74) is 9.27. The monoisotopic (exact) mass is 295 g/mol. The Hall–Kier alpha value is -0.810. The van der Waals surface area contributed by atoms with Gasteiger partial charge in [0.05, 0.1) is 5.56 Å². The molecular weight excluding hydrogens is 274 g/mol. The second-order valence-corrected chi connectivity index (χ2v) is 6.26. The first-order valence-electron chi connectivity index (χ1n) is 6.73. The number of hydrogen-bond acceptors (Lipinski definition) is 4. The van der Waals surface area contributed by atoms with Crippen LogP contribution in [0.25, 0.3) is 0 Å². The summed E-state index contributed by atoms with van der Waals surface area (Å²) in [7, 11) is 0. The molecule has 3 N–H and O–H groups in total. The van der Waals surface area contributed by atoms with Gasteiger partial charge in [0, 0.05) is 17.5 Å². The van der Waals surface area contributed by atoms with Crippen LogP contribution < -0.4 is 11.1 Å². The van der Waals surface area contributed by atoms with Gasteiger partial charge in [-0.2, -0.15) is 11.8 Å². The molecule has 0 saturated heterocycles. The summed E-state index contributed by atoms with van der Waals surface area (Å²) in [6.45, 7) is 2.18. The van der Waals surface area contributed by atoms with Gasteiger partial charge in [-0.05, 0) is 43.6 Å². The maximum absolute atomic E-state index is 5.85. The molecule has 2 rings (SSSR count). The first kappa shape index (κ1) is 14.6. The fraction of sp³-hybridized carbons (Fsp3) is 0.571. The van der Waals surface area contributed by atoms with Gasteiger partial charge in [0.1, 0.15) is 10.8 Å². The van der Waals surface area contributed by atoms with Crippen LogP contribution in [0.15, 0.2) is 6.07 Å². The largest absolute Gasteiger partial charge is 0.389 e. The predicted molar refractivity (Wildman–Crippen MR) is 88.2 cm³/mol. The quantitative estimate of drug-likeness (QED) is 0.790. The smallest absolute Gasteiger partial charge is 0.136 e. The third-order valence-corrected chi connectivity index (χ3v) is 4.47. The van der Waals surface area contributed by atoms with Gasteiger partial charge < -0.3 is 11.1 Å². The third-order valence-electron chi connectivity index (χ3n) is 3.52. The highest BCUT2D eigenvalue weighted by molar-refractivity contribution is 7.98. The number of aromatic nitrogens is 1. The van der Waals surface area contributed by atoms with Gasteiger partial charge >= 0.3 is 0 Å². The van der Waals surface area contributed by atoms with Crippen LogP contribution in [0.1, 0.15) is 36.6 Å². The molecule has 0 aromatic carbocycles. The van der Waals surface area contributed by atoms with Gasteiger partial charge in [-0.1, -0.05) is 19.1 Å². The maximum atomic E-state index is 5.85. The second-order valence-electron chi connectivity index (χ2n) is 4.91. The molecule has 3 nitrogen and oxygen atoms in total. The lowest BCUT2D eigenvalue weighted by Crippen LogP contribution is -2.25. The van der Waals surface area contributed by atoms with Crippen LogP contribution in [0.5, 0.6) is 0 Å². The Morgan fingerprint density at radius 1 is 1.58 bits per heavy atom. The van der Waals surface area contributed by atoms with Crippen LogP contribution in [-0.2, 0) is 12.8 Å². The summed E-state index contributed by atoms with van der Waals surface area (Å²) in [6.07, 6.45) is 6.54. The first-order valence-corrected chi connectivity index (χ1v) is 8.54. The van der Waals surface area contributed by atoms with Crippen molar-refractivity contribution < 1.29 is 0 Å². The van der Waals surface area contributed by atoms with Gasteiger partial charge in [0.2, 0.25) is 0 Å². The van der Waals surface area contributed by atoms with Gasteiger partial charge in [-0.3, -0.25) is 0 Å². The number of nitrogens with two attached hydrogens (primary N) is 1. The zero-order valence-corrected chi connectivity index (χ0v) is 13.2. The molecule has 1 aromatic heterocycles. The number of aryl methyl sites for hydroxylation is 2. The molecule has 104 valence electrons. The summed E-state index contributed by atoms with van der Waals surface area (Å²) in [5.74, 6) is 1.93. The van der Waals surface area contributed by atoms with Crippen molar-refractivity contribution in [2.45, 2.75) is 38.6 Å². The standard InChI is InChI=1S/C14H21N3S2/c1-3-10(8-19-2)16-14-11(13(15)18)7-9-5-4-6-12(9)17-14/h7,10H,3-6,8H2,1-2H3,(H2,15,18)(H,16,17). The number of thioether (sulfide) groups is 1. The summed E-state index contributed by atoms with van der Waals surface area (Å²) < 4.78 is 0. The fourth-order valence-corrected chi connectivity index (χ4v) is 3.30. The summed E-state index contributed by atoms with van der Waals surface area (Å²) >= 11 is 7.01. The highest BCUT2D eigenvalue weighted by Crippen LogP contribution is 2.26. The molecular formula is C14H21N3S2. The molecule has 0 spiro atoms. The second kappa shape index (κ2) is 6.57. The predicted octanol–water partition coefficient (Wildman–Crippen LogP) is 2.76. The molecule has 0 saturated carbocycles. The molecule has 1 atom stereocenters. The van der Waals surface area contributed by atoms with E-state index in [-0.39, 0.29) is 0 Å². The lowest BCUT2D eigenvalue weighted by Gasteiger charge is -2.19. The number of rotatable bonds is 6. The van der Waals surface area contributed by atoms with Gasteiger partial charge in [-0.25, -0.2) is 4.98 Å². The minimum Gasteiger partial charge on any atom is -0.389 e. The van der Waals surface area contributed by atoms with Crippen molar-refractivity contribution in [3.8, 4) is 0 Å². The van der Waals surface area contributed by atoms with E-state index in [4.69, 9.17) is 22.9 Å². The fourth-order valence-electron chi connectivity index (χ4n) is 2.43. The van der Waals surface area contributed by atoms with Crippen molar-refractivity contribution in [2.24, 2.45) is 5.73 Å².